The highest BCUT2D eigenvalue weighted by atomic mass is 16.6. The van der Waals surface area contributed by atoms with Crippen molar-refractivity contribution in [3.8, 4) is 0 Å². The number of carbonyl (C=O) groups excluding carboxylic acids is 1. The molecule has 0 spiro atoms. The van der Waals surface area contributed by atoms with E-state index in [9.17, 15) is 15.0 Å². The number of carbonyl (C=O) groups is 1. The summed E-state index contributed by atoms with van der Waals surface area (Å²) in [6, 6.07) is 0. The Bertz CT molecular complexity index is 691. The normalized spacial score (nSPS) is 55.8. The smallest absolute Gasteiger partial charge is 0.203 e. The van der Waals surface area contributed by atoms with Crippen molar-refractivity contribution in [2.45, 2.75) is 65.1 Å². The Kier molecular flexibility index (Phi) is 4.74. The fourth-order valence-electron chi connectivity index (χ4n) is 7.71. The summed E-state index contributed by atoms with van der Waals surface area (Å²) in [7, 11) is 3.16. The largest absolute Gasteiger partial charge is 0.493 e. The van der Waals surface area contributed by atoms with Crippen LogP contribution in [0.15, 0.2) is 11.8 Å². The molecular formula is C22H34O6. The molecule has 4 aliphatic rings. The second-order valence-corrected chi connectivity index (χ2v) is 9.86. The van der Waals surface area contributed by atoms with E-state index in [0.717, 1.165) is 0 Å². The zero-order valence-electron chi connectivity index (χ0n) is 17.7. The van der Waals surface area contributed by atoms with Crippen molar-refractivity contribution in [2.24, 2.45) is 40.4 Å². The molecular weight excluding hydrogens is 360 g/mol. The highest BCUT2D eigenvalue weighted by molar-refractivity contribution is 5.99. The molecule has 11 atom stereocenters. The zero-order valence-corrected chi connectivity index (χ0v) is 17.7. The Hall–Kier alpha value is -0.950. The Morgan fingerprint density at radius 1 is 1.14 bits per heavy atom. The van der Waals surface area contributed by atoms with Gasteiger partial charge in [-0.25, -0.2) is 0 Å². The Morgan fingerprint density at radius 3 is 2.43 bits per heavy atom. The van der Waals surface area contributed by atoms with Gasteiger partial charge in [0.2, 0.25) is 5.78 Å². The summed E-state index contributed by atoms with van der Waals surface area (Å²) in [5.74, 6) is 0.284. The van der Waals surface area contributed by atoms with Crippen LogP contribution >= 0.6 is 0 Å². The Balaban J connectivity index is 1.92. The van der Waals surface area contributed by atoms with Crippen LogP contribution < -0.4 is 0 Å². The number of methoxy groups -OCH3 is 2. The average molecular weight is 395 g/mol. The number of rotatable bonds is 2. The number of ether oxygens (including phenoxy) is 3. The van der Waals surface area contributed by atoms with Gasteiger partial charge in [0, 0.05) is 30.3 Å². The summed E-state index contributed by atoms with van der Waals surface area (Å²) in [6.07, 6.45) is 0.894. The molecule has 3 fully saturated rings. The van der Waals surface area contributed by atoms with Gasteiger partial charge in [-0.05, 0) is 36.2 Å². The molecule has 0 amide bonds. The number of hydrogen-bond donors (Lipinski definition) is 2. The molecule has 158 valence electrons. The number of hydrogen-bond acceptors (Lipinski definition) is 6. The van der Waals surface area contributed by atoms with Crippen LogP contribution in [-0.2, 0) is 19.0 Å². The van der Waals surface area contributed by atoms with Crippen LogP contribution in [0.4, 0.5) is 0 Å². The van der Waals surface area contributed by atoms with Crippen LogP contribution in [0.3, 0.4) is 0 Å². The first-order chi connectivity index (χ1) is 13.1. The van der Waals surface area contributed by atoms with Crippen LogP contribution in [-0.4, -0.2) is 54.8 Å². The summed E-state index contributed by atoms with van der Waals surface area (Å²) in [4.78, 5) is 13.6. The molecule has 2 saturated carbocycles. The highest BCUT2D eigenvalue weighted by Gasteiger charge is 2.72. The molecule has 1 saturated heterocycles. The van der Waals surface area contributed by atoms with Gasteiger partial charge in [0.1, 0.15) is 0 Å². The molecule has 0 aromatic carbocycles. The van der Waals surface area contributed by atoms with Gasteiger partial charge in [-0.15, -0.1) is 0 Å². The molecule has 0 aromatic heterocycles. The average Bonchev–Trinajstić information content (AvgIpc) is 2.63. The number of Topliss-reactive ketones (excluding diaryl/α,β-unsaturated/α-hetero) is 1. The minimum absolute atomic E-state index is 0.00786. The van der Waals surface area contributed by atoms with E-state index >= 15 is 0 Å². The zero-order chi connectivity index (χ0) is 20.6. The van der Waals surface area contributed by atoms with E-state index in [4.69, 9.17) is 14.2 Å². The molecule has 1 heterocycles. The van der Waals surface area contributed by atoms with E-state index in [1.165, 1.54) is 7.11 Å². The molecule has 28 heavy (non-hydrogen) atoms. The minimum Gasteiger partial charge on any atom is -0.493 e. The lowest BCUT2D eigenvalue weighted by Gasteiger charge is -2.69. The summed E-state index contributed by atoms with van der Waals surface area (Å²) in [5.41, 5.74) is -1.20. The molecule has 1 aliphatic heterocycles. The molecule has 3 aliphatic carbocycles. The van der Waals surface area contributed by atoms with Gasteiger partial charge in [-0.2, -0.15) is 0 Å². The summed E-state index contributed by atoms with van der Waals surface area (Å²) >= 11 is 0. The predicted molar refractivity (Wildman–Crippen MR) is 102 cm³/mol. The van der Waals surface area contributed by atoms with Crippen molar-refractivity contribution in [3.63, 3.8) is 0 Å². The molecule has 4 rings (SSSR count). The molecule has 0 radical (unpaired) electrons. The van der Waals surface area contributed by atoms with Crippen molar-refractivity contribution in [1.82, 2.24) is 0 Å². The molecule has 0 aromatic rings. The second-order valence-electron chi connectivity index (χ2n) is 9.86. The van der Waals surface area contributed by atoms with Crippen LogP contribution in [0, 0.1) is 40.4 Å². The van der Waals surface area contributed by atoms with E-state index in [2.05, 4.69) is 20.8 Å². The second kappa shape index (κ2) is 6.53. The molecule has 1 unspecified atom stereocenters. The van der Waals surface area contributed by atoms with E-state index in [-0.39, 0.29) is 47.6 Å². The van der Waals surface area contributed by atoms with Gasteiger partial charge in [0.25, 0.3) is 0 Å². The SMILES string of the molecule is COC1=C[C@@H](C)[C@@H]2C[C@H]3OC(O)C[C@H]4[C@@H](C)[C@H](OC)[C@@H](O)[C@H]([C@@]2(C)C1=O)[C@@]34C. The molecule has 6 heteroatoms. The molecule has 2 N–H and O–H groups in total. The number of ketones is 1. The highest BCUT2D eigenvalue weighted by Crippen LogP contribution is 2.68. The minimum atomic E-state index is -0.817. The maximum atomic E-state index is 13.6. The Morgan fingerprint density at radius 2 is 1.82 bits per heavy atom. The lowest BCUT2D eigenvalue weighted by atomic mass is 9.38. The summed E-state index contributed by atoms with van der Waals surface area (Å²) < 4.78 is 17.3. The van der Waals surface area contributed by atoms with Crippen LogP contribution in [0.2, 0.25) is 0 Å². The van der Waals surface area contributed by atoms with Crippen LogP contribution in [0.5, 0.6) is 0 Å². The standard InChI is InChI=1S/C22H34O6/c1-10-7-14(26-5)20(25)22(4)12(10)8-15-21(3)13(9-16(23)28-15)11(2)18(27-6)17(24)19(21)22/h7,10-13,15-19,23-24H,8-9H2,1-6H3/t10-,11-,12+,13+,15-,16?,17-,18+,19+,21-,22+/m1/s1. The third-order valence-corrected chi connectivity index (χ3v) is 8.91. The lowest BCUT2D eigenvalue weighted by Crippen LogP contribution is -2.74. The molecule has 6 nitrogen and oxygen atoms in total. The van der Waals surface area contributed by atoms with E-state index < -0.39 is 23.2 Å². The van der Waals surface area contributed by atoms with Gasteiger partial charge in [0.15, 0.2) is 12.0 Å². The Labute approximate surface area is 167 Å². The van der Waals surface area contributed by atoms with Gasteiger partial charge in [-0.3, -0.25) is 4.79 Å². The fraction of sp³-hybridized carbons (Fsp3) is 0.864. The third kappa shape index (κ3) is 2.32. The first-order valence-electron chi connectivity index (χ1n) is 10.5. The van der Waals surface area contributed by atoms with E-state index in [1.54, 1.807) is 7.11 Å². The van der Waals surface area contributed by atoms with Crippen molar-refractivity contribution in [3.05, 3.63) is 11.8 Å². The van der Waals surface area contributed by atoms with E-state index in [1.807, 2.05) is 13.0 Å². The van der Waals surface area contributed by atoms with Crippen molar-refractivity contribution in [1.29, 1.82) is 0 Å². The first-order valence-corrected chi connectivity index (χ1v) is 10.5. The predicted octanol–water partition coefficient (Wildman–Crippen LogP) is 2.13. The van der Waals surface area contributed by atoms with E-state index in [0.29, 0.717) is 18.6 Å². The van der Waals surface area contributed by atoms with Gasteiger partial charge < -0.3 is 24.4 Å². The van der Waals surface area contributed by atoms with Crippen molar-refractivity contribution < 1.29 is 29.2 Å². The van der Waals surface area contributed by atoms with Crippen molar-refractivity contribution >= 4 is 5.78 Å². The maximum Gasteiger partial charge on any atom is 0.203 e. The first kappa shape index (κ1) is 20.3. The van der Waals surface area contributed by atoms with Gasteiger partial charge >= 0.3 is 0 Å². The van der Waals surface area contributed by atoms with Gasteiger partial charge in [0.05, 0.1) is 25.4 Å². The number of aliphatic hydroxyl groups excluding tert-OH is 2. The maximum absolute atomic E-state index is 13.6. The quantitative estimate of drug-likeness (QED) is 0.746. The fourth-order valence-corrected chi connectivity index (χ4v) is 7.71. The van der Waals surface area contributed by atoms with Crippen molar-refractivity contribution in [2.75, 3.05) is 14.2 Å². The summed E-state index contributed by atoms with van der Waals surface area (Å²) in [5, 5.41) is 22.0. The third-order valence-electron chi connectivity index (χ3n) is 8.91. The number of aliphatic hydroxyl groups is 2. The van der Waals surface area contributed by atoms with Crippen LogP contribution in [0.1, 0.15) is 40.5 Å². The monoisotopic (exact) mass is 394 g/mol. The van der Waals surface area contributed by atoms with Gasteiger partial charge in [-0.1, -0.05) is 27.7 Å². The lowest BCUT2D eigenvalue weighted by molar-refractivity contribution is -0.326. The number of allylic oxidation sites excluding steroid dienone is 2. The number of fused-ring (bicyclic) bond motifs is 2. The summed E-state index contributed by atoms with van der Waals surface area (Å²) in [6.45, 7) is 8.33. The molecule has 0 bridgehead atoms. The van der Waals surface area contributed by atoms with Crippen LogP contribution in [0.25, 0.3) is 0 Å². The topological polar surface area (TPSA) is 85.2 Å².